The fraction of sp³-hybridized carbons (Fsp3) is 0.706. The molecule has 8 atom stereocenters. The molecule has 2 aliphatic heterocycles. The van der Waals surface area contributed by atoms with E-state index in [0.29, 0.717) is 44.0 Å². The number of piperazine rings is 1. The number of fused-ring (bicyclic) bond motifs is 2. The summed E-state index contributed by atoms with van der Waals surface area (Å²) >= 11 is 0. The Balaban J connectivity index is 1.34. The monoisotopic (exact) mass is 592 g/mol. The van der Waals surface area contributed by atoms with Gasteiger partial charge in [-0.3, -0.25) is 20.3 Å². The van der Waals surface area contributed by atoms with Crippen LogP contribution in [0.5, 0.6) is 0 Å². The van der Waals surface area contributed by atoms with Crippen molar-refractivity contribution in [1.82, 2.24) is 25.8 Å². The zero-order valence-electron chi connectivity index (χ0n) is 26.4. The molecular weight excluding hydrogens is 540 g/mol. The summed E-state index contributed by atoms with van der Waals surface area (Å²) in [4.78, 5) is 16.9. The molecule has 1 aromatic rings. The standard InChI is InChI=1S/C34H52N6O3/c1-5-31(41)40-18-17-39(22-26(40)13-15-35)32-28-12-14-34(19-25-10-6-7-11-27(25)30(21-34)42-4)20-29(28)37-33(38-32)43-23-24(2)9-8-16-36-3/h5-7,10-11,24,26,28-30,32-33,36-38H,1,8-9,12-14,16-23H2,2-4H3/t24?,26?,28?,29?,30?,32?,33?,34-/m0/s1. The van der Waals surface area contributed by atoms with Gasteiger partial charge in [0.1, 0.15) is 0 Å². The molecule has 2 heterocycles. The first kappa shape index (κ1) is 32.1. The Morgan fingerprint density at radius 1 is 1.30 bits per heavy atom. The van der Waals surface area contributed by atoms with E-state index in [2.05, 4.69) is 64.7 Å². The molecule has 3 fully saturated rings. The number of ether oxygens (including phenoxy) is 2. The van der Waals surface area contributed by atoms with E-state index in [1.807, 2.05) is 19.1 Å². The number of carbonyl (C=O) groups is 1. The fourth-order valence-corrected chi connectivity index (χ4v) is 8.28. The Kier molecular flexibility index (Phi) is 10.9. The van der Waals surface area contributed by atoms with Crippen LogP contribution in [-0.4, -0.2) is 87.3 Å². The Morgan fingerprint density at radius 2 is 2.14 bits per heavy atom. The van der Waals surface area contributed by atoms with Gasteiger partial charge in [0, 0.05) is 38.7 Å². The van der Waals surface area contributed by atoms with Gasteiger partial charge in [-0.2, -0.15) is 5.26 Å². The van der Waals surface area contributed by atoms with Crippen molar-refractivity contribution < 1.29 is 14.3 Å². The number of methoxy groups -OCH3 is 1. The maximum absolute atomic E-state index is 12.6. The minimum Gasteiger partial charge on any atom is -0.377 e. The molecule has 3 N–H and O–H groups in total. The molecule has 9 nitrogen and oxygen atoms in total. The lowest BCUT2D eigenvalue weighted by molar-refractivity contribution is -0.138. The molecular formula is C34H52N6O3. The summed E-state index contributed by atoms with van der Waals surface area (Å²) in [5.41, 5.74) is 2.96. The van der Waals surface area contributed by atoms with Crippen LogP contribution in [-0.2, 0) is 20.7 Å². The molecule has 0 aromatic heterocycles. The number of nitrogens with zero attached hydrogens (tertiary/aromatic N) is 3. The average Bonchev–Trinajstić information content (AvgIpc) is 3.02. The van der Waals surface area contributed by atoms with E-state index in [1.165, 1.54) is 17.2 Å². The molecule has 236 valence electrons. The van der Waals surface area contributed by atoms with Gasteiger partial charge in [0.15, 0.2) is 6.35 Å². The van der Waals surface area contributed by atoms with Crippen molar-refractivity contribution in [3.05, 3.63) is 48.0 Å². The predicted octanol–water partition coefficient (Wildman–Crippen LogP) is 3.54. The van der Waals surface area contributed by atoms with Crippen molar-refractivity contribution in [2.24, 2.45) is 17.3 Å². The van der Waals surface area contributed by atoms with E-state index in [-0.39, 0.29) is 36.0 Å². The van der Waals surface area contributed by atoms with Crippen LogP contribution >= 0.6 is 0 Å². The minimum absolute atomic E-state index is 0.0885. The number of carbonyl (C=O) groups excluding carboxylic acids is 1. The molecule has 1 amide bonds. The molecule has 0 bridgehead atoms. The second-order valence-corrected chi connectivity index (χ2v) is 13.4. The molecule has 1 saturated carbocycles. The van der Waals surface area contributed by atoms with Gasteiger partial charge >= 0.3 is 0 Å². The van der Waals surface area contributed by atoms with Crippen molar-refractivity contribution >= 4 is 5.91 Å². The van der Waals surface area contributed by atoms with Gasteiger partial charge in [-0.25, -0.2) is 0 Å². The Bertz CT molecular complexity index is 1140. The summed E-state index contributed by atoms with van der Waals surface area (Å²) < 4.78 is 12.6. The average molecular weight is 593 g/mol. The first-order valence-corrected chi connectivity index (χ1v) is 16.3. The van der Waals surface area contributed by atoms with Crippen molar-refractivity contribution in [2.75, 3.05) is 46.9 Å². The third kappa shape index (κ3) is 7.33. The summed E-state index contributed by atoms with van der Waals surface area (Å²) in [5, 5.41) is 20.6. The summed E-state index contributed by atoms with van der Waals surface area (Å²) in [6.45, 7) is 9.71. The van der Waals surface area contributed by atoms with Gasteiger partial charge in [-0.1, -0.05) is 37.8 Å². The third-order valence-corrected chi connectivity index (χ3v) is 10.5. The number of nitrogens with one attached hydrogen (secondary N) is 3. The Hall–Kier alpha value is -2.32. The molecule has 9 heteroatoms. The van der Waals surface area contributed by atoms with E-state index in [9.17, 15) is 10.1 Å². The molecule has 7 unspecified atom stereocenters. The summed E-state index contributed by atoms with van der Waals surface area (Å²) in [6, 6.07) is 11.3. The molecule has 43 heavy (non-hydrogen) atoms. The van der Waals surface area contributed by atoms with Crippen molar-refractivity contribution in [1.29, 1.82) is 5.26 Å². The summed E-state index contributed by atoms with van der Waals surface area (Å²) in [7, 11) is 3.85. The van der Waals surface area contributed by atoms with Crippen LogP contribution in [0, 0.1) is 28.6 Å². The highest BCUT2D eigenvalue weighted by molar-refractivity contribution is 5.87. The molecule has 4 aliphatic rings. The minimum atomic E-state index is -0.246. The molecule has 5 rings (SSSR count). The first-order chi connectivity index (χ1) is 20.9. The van der Waals surface area contributed by atoms with E-state index >= 15 is 0 Å². The molecule has 2 aliphatic carbocycles. The normalized spacial score (nSPS) is 33.3. The third-order valence-electron chi connectivity index (χ3n) is 10.5. The van der Waals surface area contributed by atoms with Crippen LogP contribution in [0.3, 0.4) is 0 Å². The zero-order chi connectivity index (χ0) is 30.4. The van der Waals surface area contributed by atoms with Crippen molar-refractivity contribution in [3.63, 3.8) is 0 Å². The second-order valence-electron chi connectivity index (χ2n) is 13.4. The Morgan fingerprint density at radius 3 is 2.91 bits per heavy atom. The summed E-state index contributed by atoms with van der Waals surface area (Å²) in [5.74, 6) is 0.784. The van der Waals surface area contributed by atoms with E-state index in [0.717, 1.165) is 58.0 Å². The van der Waals surface area contributed by atoms with Crippen LogP contribution < -0.4 is 16.0 Å². The zero-order valence-corrected chi connectivity index (χ0v) is 26.4. The van der Waals surface area contributed by atoms with E-state index in [1.54, 1.807) is 0 Å². The van der Waals surface area contributed by atoms with Crippen LogP contribution in [0.15, 0.2) is 36.9 Å². The van der Waals surface area contributed by atoms with Gasteiger partial charge in [-0.05, 0) is 87.1 Å². The highest BCUT2D eigenvalue weighted by Gasteiger charge is 2.51. The number of hydrogen-bond donors (Lipinski definition) is 3. The van der Waals surface area contributed by atoms with Crippen LogP contribution in [0.1, 0.15) is 69.1 Å². The topological polar surface area (TPSA) is 102 Å². The van der Waals surface area contributed by atoms with Crippen molar-refractivity contribution in [3.8, 4) is 6.07 Å². The Labute approximate surface area is 258 Å². The maximum Gasteiger partial charge on any atom is 0.246 e. The van der Waals surface area contributed by atoms with Gasteiger partial charge in [0.2, 0.25) is 5.91 Å². The number of nitriles is 1. The van der Waals surface area contributed by atoms with E-state index in [4.69, 9.17) is 9.47 Å². The SMILES string of the molecule is C=CC(=O)N1CCN(C2NC(OCC(C)CCCNC)NC3C[C@]4(CCC32)Cc2ccccc2C(OC)C4)CC1CC#N. The maximum atomic E-state index is 12.6. The highest BCUT2D eigenvalue weighted by Crippen LogP contribution is 2.53. The quantitative estimate of drug-likeness (QED) is 0.265. The van der Waals surface area contributed by atoms with Crippen LogP contribution in [0.2, 0.25) is 0 Å². The lowest BCUT2D eigenvalue weighted by Crippen LogP contribution is -2.72. The van der Waals surface area contributed by atoms with Gasteiger partial charge in [0.05, 0.1) is 37.4 Å². The summed E-state index contributed by atoms with van der Waals surface area (Å²) in [6.07, 6.45) is 9.44. The van der Waals surface area contributed by atoms with E-state index < -0.39 is 0 Å². The number of hydrogen-bond acceptors (Lipinski definition) is 8. The molecule has 2 saturated heterocycles. The van der Waals surface area contributed by atoms with Gasteiger partial charge in [-0.15, -0.1) is 0 Å². The largest absolute Gasteiger partial charge is 0.377 e. The lowest BCUT2D eigenvalue weighted by Gasteiger charge is -2.56. The number of rotatable bonds is 11. The predicted molar refractivity (Wildman–Crippen MR) is 168 cm³/mol. The smallest absolute Gasteiger partial charge is 0.246 e. The van der Waals surface area contributed by atoms with Gasteiger partial charge in [0.25, 0.3) is 0 Å². The fourth-order valence-electron chi connectivity index (χ4n) is 8.28. The number of benzene rings is 1. The van der Waals surface area contributed by atoms with Crippen molar-refractivity contribution in [2.45, 2.75) is 89.0 Å². The highest BCUT2D eigenvalue weighted by atomic mass is 16.5. The second kappa shape index (κ2) is 14.6. The first-order valence-electron chi connectivity index (χ1n) is 16.3. The lowest BCUT2D eigenvalue weighted by atomic mass is 9.59. The molecule has 1 spiro atoms. The van der Waals surface area contributed by atoms with Crippen LogP contribution in [0.25, 0.3) is 0 Å². The van der Waals surface area contributed by atoms with Crippen LogP contribution in [0.4, 0.5) is 0 Å². The number of amides is 1. The molecule has 1 aromatic carbocycles. The van der Waals surface area contributed by atoms with Gasteiger partial charge < -0.3 is 19.7 Å². The molecule has 0 radical (unpaired) electrons.